The molecule has 7 heteroatoms. The van der Waals surface area contributed by atoms with Crippen LogP contribution in [0, 0.1) is 11.3 Å². The van der Waals surface area contributed by atoms with Gasteiger partial charge in [-0.3, -0.25) is 14.5 Å². The molecule has 0 unspecified atom stereocenters. The fourth-order valence-electron chi connectivity index (χ4n) is 2.98. The van der Waals surface area contributed by atoms with Gasteiger partial charge in [-0.15, -0.1) is 0 Å². The summed E-state index contributed by atoms with van der Waals surface area (Å²) < 4.78 is 16.0. The summed E-state index contributed by atoms with van der Waals surface area (Å²) in [6.45, 7) is 6.06. The van der Waals surface area contributed by atoms with Crippen LogP contribution >= 0.6 is 0 Å². The van der Waals surface area contributed by atoms with Gasteiger partial charge in [0.05, 0.1) is 20.3 Å². The number of nitrogens with zero attached hydrogens (tertiary/aromatic N) is 2. The number of carbonyl (C=O) groups is 2. The fraction of sp³-hybridized carbons (Fsp3) is 0.409. The van der Waals surface area contributed by atoms with Crippen LogP contribution in [0.5, 0.6) is 11.5 Å². The summed E-state index contributed by atoms with van der Waals surface area (Å²) in [4.78, 5) is 26.7. The lowest BCUT2D eigenvalue weighted by atomic mass is 9.93. The molecule has 1 aromatic carbocycles. The van der Waals surface area contributed by atoms with Crippen molar-refractivity contribution in [3.63, 3.8) is 0 Å². The Labute approximate surface area is 171 Å². The Morgan fingerprint density at radius 1 is 1.14 bits per heavy atom. The Bertz CT molecular complexity index is 893. The molecule has 1 aliphatic rings. The molecule has 0 saturated heterocycles. The predicted molar refractivity (Wildman–Crippen MR) is 108 cm³/mol. The standard InChI is InChI=1S/C22H26N2O5/c1-14(2)29-10-6-9-24-21(25)17(15(3)18(13-23)22(24)26)11-16-7-8-19(27-4)20(12-16)28-5/h7-8,11-12,14H,6,9-10H2,1-5H3/b17-11+. The van der Waals surface area contributed by atoms with E-state index in [0.717, 1.165) is 4.90 Å². The van der Waals surface area contributed by atoms with Gasteiger partial charge in [-0.1, -0.05) is 6.07 Å². The number of ether oxygens (including phenoxy) is 3. The molecule has 0 spiro atoms. The largest absolute Gasteiger partial charge is 0.493 e. The Morgan fingerprint density at radius 2 is 1.83 bits per heavy atom. The summed E-state index contributed by atoms with van der Waals surface area (Å²) in [6, 6.07) is 7.18. The minimum absolute atomic E-state index is 0.0268. The van der Waals surface area contributed by atoms with Gasteiger partial charge in [0.2, 0.25) is 0 Å². The van der Waals surface area contributed by atoms with Crippen LogP contribution in [0.25, 0.3) is 6.08 Å². The minimum atomic E-state index is -0.566. The third-order valence-electron chi connectivity index (χ3n) is 4.52. The van der Waals surface area contributed by atoms with Gasteiger partial charge in [0.15, 0.2) is 11.5 Å². The highest BCUT2D eigenvalue weighted by atomic mass is 16.5. The van der Waals surface area contributed by atoms with Gasteiger partial charge in [-0.25, -0.2) is 0 Å². The average Bonchev–Trinajstić information content (AvgIpc) is 2.70. The highest BCUT2D eigenvalue weighted by Crippen LogP contribution is 2.31. The van der Waals surface area contributed by atoms with Gasteiger partial charge in [-0.05, 0) is 56.5 Å². The topological polar surface area (TPSA) is 88.9 Å². The summed E-state index contributed by atoms with van der Waals surface area (Å²) in [5, 5.41) is 9.46. The molecule has 0 bridgehead atoms. The van der Waals surface area contributed by atoms with Gasteiger partial charge in [0.1, 0.15) is 11.6 Å². The molecule has 7 nitrogen and oxygen atoms in total. The van der Waals surface area contributed by atoms with Crippen LogP contribution in [0.4, 0.5) is 0 Å². The third kappa shape index (κ3) is 5.04. The maximum Gasteiger partial charge on any atom is 0.271 e. The van der Waals surface area contributed by atoms with E-state index in [2.05, 4.69) is 0 Å². The van der Waals surface area contributed by atoms with Crippen molar-refractivity contribution in [1.29, 1.82) is 5.26 Å². The van der Waals surface area contributed by atoms with E-state index in [1.54, 1.807) is 38.3 Å². The molecular weight excluding hydrogens is 372 g/mol. The molecule has 0 aliphatic carbocycles. The highest BCUT2D eigenvalue weighted by Gasteiger charge is 2.35. The first-order chi connectivity index (χ1) is 13.8. The van der Waals surface area contributed by atoms with Crippen LogP contribution in [-0.4, -0.2) is 50.2 Å². The quantitative estimate of drug-likeness (QED) is 0.380. The Hall–Kier alpha value is -3.11. The molecule has 0 atom stereocenters. The van der Waals surface area contributed by atoms with Crippen LogP contribution in [0.2, 0.25) is 0 Å². The maximum absolute atomic E-state index is 13.0. The number of imide groups is 1. The number of carbonyl (C=O) groups excluding carboxylic acids is 2. The van der Waals surface area contributed by atoms with Crippen molar-refractivity contribution >= 4 is 17.9 Å². The molecule has 2 amide bonds. The van der Waals surface area contributed by atoms with Crippen molar-refractivity contribution in [2.45, 2.75) is 33.3 Å². The minimum Gasteiger partial charge on any atom is -0.493 e. The third-order valence-corrected chi connectivity index (χ3v) is 4.52. The molecule has 154 valence electrons. The van der Waals surface area contributed by atoms with Gasteiger partial charge in [-0.2, -0.15) is 5.26 Å². The van der Waals surface area contributed by atoms with Gasteiger partial charge >= 0.3 is 0 Å². The van der Waals surface area contributed by atoms with E-state index in [1.165, 1.54) is 7.11 Å². The van der Waals surface area contributed by atoms with Crippen molar-refractivity contribution in [2.24, 2.45) is 0 Å². The van der Waals surface area contributed by atoms with E-state index in [1.807, 2.05) is 19.9 Å². The van der Waals surface area contributed by atoms with E-state index in [-0.39, 0.29) is 18.2 Å². The zero-order chi connectivity index (χ0) is 21.6. The molecule has 1 aromatic rings. The van der Waals surface area contributed by atoms with Crippen LogP contribution in [0.15, 0.2) is 34.9 Å². The smallest absolute Gasteiger partial charge is 0.271 e. The Kier molecular flexibility index (Phi) is 7.57. The second kappa shape index (κ2) is 9.89. The van der Waals surface area contributed by atoms with E-state index >= 15 is 0 Å². The predicted octanol–water partition coefficient (Wildman–Crippen LogP) is 3.11. The first-order valence-electron chi connectivity index (χ1n) is 9.36. The van der Waals surface area contributed by atoms with Crippen molar-refractivity contribution in [1.82, 2.24) is 4.90 Å². The number of hydrogen-bond acceptors (Lipinski definition) is 6. The van der Waals surface area contributed by atoms with E-state index in [4.69, 9.17) is 14.2 Å². The molecule has 0 radical (unpaired) electrons. The van der Waals surface area contributed by atoms with Gasteiger partial charge < -0.3 is 14.2 Å². The molecule has 0 aromatic heterocycles. The van der Waals surface area contributed by atoms with E-state index in [9.17, 15) is 14.9 Å². The zero-order valence-electron chi connectivity index (χ0n) is 17.4. The van der Waals surface area contributed by atoms with Gasteiger partial charge in [0, 0.05) is 18.7 Å². The van der Waals surface area contributed by atoms with Gasteiger partial charge in [0.25, 0.3) is 11.8 Å². The number of benzene rings is 1. The second-order valence-corrected chi connectivity index (χ2v) is 6.82. The Morgan fingerprint density at radius 3 is 2.41 bits per heavy atom. The highest BCUT2D eigenvalue weighted by molar-refractivity contribution is 6.19. The number of amides is 2. The van der Waals surface area contributed by atoms with E-state index in [0.29, 0.717) is 41.2 Å². The molecular formula is C22H26N2O5. The molecule has 2 rings (SSSR count). The average molecular weight is 398 g/mol. The monoisotopic (exact) mass is 398 g/mol. The van der Waals surface area contributed by atoms with Crippen molar-refractivity contribution < 1.29 is 23.8 Å². The molecule has 1 aliphatic heterocycles. The maximum atomic E-state index is 13.0. The lowest BCUT2D eigenvalue weighted by Gasteiger charge is -2.27. The molecule has 0 N–H and O–H groups in total. The zero-order valence-corrected chi connectivity index (χ0v) is 17.4. The Balaban J connectivity index is 2.38. The normalized spacial score (nSPS) is 15.9. The number of methoxy groups -OCH3 is 2. The number of nitriles is 1. The summed E-state index contributed by atoms with van der Waals surface area (Å²) >= 11 is 0. The summed E-state index contributed by atoms with van der Waals surface area (Å²) in [5.74, 6) is 0.0948. The first kappa shape index (κ1) is 22.2. The number of rotatable bonds is 8. The molecule has 0 fully saturated rings. The summed E-state index contributed by atoms with van der Waals surface area (Å²) in [6.07, 6.45) is 2.22. The number of hydrogen-bond donors (Lipinski definition) is 0. The lowest BCUT2D eigenvalue weighted by molar-refractivity contribution is -0.140. The van der Waals surface area contributed by atoms with Crippen LogP contribution in [0.1, 0.15) is 32.8 Å². The van der Waals surface area contributed by atoms with Crippen molar-refractivity contribution in [3.8, 4) is 17.6 Å². The molecule has 29 heavy (non-hydrogen) atoms. The fourth-order valence-corrected chi connectivity index (χ4v) is 2.98. The van der Waals surface area contributed by atoms with Crippen molar-refractivity contribution in [2.75, 3.05) is 27.4 Å². The molecule has 0 saturated carbocycles. The van der Waals surface area contributed by atoms with Crippen LogP contribution < -0.4 is 9.47 Å². The second-order valence-electron chi connectivity index (χ2n) is 6.82. The van der Waals surface area contributed by atoms with Crippen LogP contribution in [0.3, 0.4) is 0 Å². The summed E-state index contributed by atoms with van der Waals surface area (Å²) in [7, 11) is 3.07. The SMILES string of the molecule is COc1ccc(/C=C2/C(=O)N(CCCOC(C)C)C(=O)C(C#N)=C2C)cc1OC. The van der Waals surface area contributed by atoms with Crippen LogP contribution in [-0.2, 0) is 14.3 Å². The lowest BCUT2D eigenvalue weighted by Crippen LogP contribution is -2.43. The van der Waals surface area contributed by atoms with Crippen molar-refractivity contribution in [3.05, 3.63) is 40.5 Å². The molecule has 1 heterocycles. The first-order valence-corrected chi connectivity index (χ1v) is 9.36. The summed E-state index contributed by atoms with van der Waals surface area (Å²) in [5.41, 5.74) is 1.34. The van der Waals surface area contributed by atoms with E-state index < -0.39 is 11.8 Å².